The van der Waals surface area contributed by atoms with Crippen LogP contribution in [0.2, 0.25) is 0 Å². The number of aliphatic hydroxyl groups excluding tert-OH is 1. The zero-order valence-corrected chi connectivity index (χ0v) is 8.08. The Labute approximate surface area is 79.6 Å². The second-order valence-corrected chi connectivity index (χ2v) is 3.98. The van der Waals surface area contributed by atoms with Gasteiger partial charge in [0.2, 0.25) is 0 Å². The highest BCUT2D eigenvalue weighted by atomic mass is 16.3. The number of nitrogens with zero attached hydrogens (tertiary/aromatic N) is 2. The van der Waals surface area contributed by atoms with Crippen molar-refractivity contribution in [2.45, 2.75) is 18.9 Å². The summed E-state index contributed by atoms with van der Waals surface area (Å²) >= 11 is 0. The minimum atomic E-state index is 0.268. The van der Waals surface area contributed by atoms with Crippen LogP contribution in [0.5, 0.6) is 0 Å². The first-order chi connectivity index (χ1) is 6.31. The first-order valence-electron chi connectivity index (χ1n) is 5.09. The smallest absolute Gasteiger partial charge is 0.0558 e. The minimum absolute atomic E-state index is 0.268. The second kappa shape index (κ2) is 3.68. The summed E-state index contributed by atoms with van der Waals surface area (Å²) in [5, 5.41) is 8.94. The highest BCUT2D eigenvalue weighted by molar-refractivity contribution is 5.04. The van der Waals surface area contributed by atoms with E-state index in [0.717, 1.165) is 26.2 Å². The standard InChI is InChI=1S/C10H18N2O/c1-9-8-12(6-7-13)10-2-4-11(9)5-3-10/h10,13H,1-8H2. The fourth-order valence-corrected chi connectivity index (χ4v) is 2.40. The molecule has 74 valence electrons. The van der Waals surface area contributed by atoms with E-state index in [0.29, 0.717) is 6.04 Å². The number of hydrogen-bond donors (Lipinski definition) is 1. The van der Waals surface area contributed by atoms with Crippen LogP contribution < -0.4 is 0 Å². The maximum Gasteiger partial charge on any atom is 0.0558 e. The fourth-order valence-electron chi connectivity index (χ4n) is 2.40. The Bertz CT molecular complexity index is 197. The van der Waals surface area contributed by atoms with Crippen molar-refractivity contribution in [2.24, 2.45) is 0 Å². The molecule has 0 aromatic heterocycles. The fraction of sp³-hybridized carbons (Fsp3) is 0.800. The van der Waals surface area contributed by atoms with Crippen LogP contribution >= 0.6 is 0 Å². The molecule has 1 N–H and O–H groups in total. The van der Waals surface area contributed by atoms with Gasteiger partial charge in [-0.15, -0.1) is 0 Å². The van der Waals surface area contributed by atoms with E-state index < -0.39 is 0 Å². The first-order valence-corrected chi connectivity index (χ1v) is 5.09. The van der Waals surface area contributed by atoms with Crippen molar-refractivity contribution >= 4 is 0 Å². The summed E-state index contributed by atoms with van der Waals surface area (Å²) < 4.78 is 0. The SMILES string of the molecule is C=C1CN(CCO)C2CCN1CC2. The number of hydrogen-bond acceptors (Lipinski definition) is 3. The molecule has 0 atom stereocenters. The third-order valence-electron chi connectivity index (χ3n) is 3.20. The van der Waals surface area contributed by atoms with E-state index in [4.69, 9.17) is 5.11 Å². The Balaban J connectivity index is 2.07. The van der Waals surface area contributed by atoms with Crippen molar-refractivity contribution in [1.29, 1.82) is 0 Å². The zero-order valence-electron chi connectivity index (χ0n) is 8.08. The minimum Gasteiger partial charge on any atom is -0.395 e. The topological polar surface area (TPSA) is 26.7 Å². The normalized spacial score (nSPS) is 25.3. The predicted octanol–water partition coefficient (Wildman–Crippen LogP) is 0.272. The lowest BCUT2D eigenvalue weighted by Crippen LogP contribution is -2.39. The summed E-state index contributed by atoms with van der Waals surface area (Å²) in [6.45, 7) is 8.42. The Morgan fingerprint density at radius 2 is 2.08 bits per heavy atom. The van der Waals surface area contributed by atoms with Gasteiger partial charge in [-0.05, 0) is 12.8 Å². The molecular weight excluding hydrogens is 164 g/mol. The summed E-state index contributed by atoms with van der Waals surface area (Å²) in [5.74, 6) is 0. The van der Waals surface area contributed by atoms with E-state index in [-0.39, 0.29) is 6.61 Å². The van der Waals surface area contributed by atoms with Crippen LogP contribution in [0, 0.1) is 0 Å². The Kier molecular flexibility index (Phi) is 2.56. The van der Waals surface area contributed by atoms with E-state index >= 15 is 0 Å². The third kappa shape index (κ3) is 1.71. The van der Waals surface area contributed by atoms with Crippen molar-refractivity contribution in [3.05, 3.63) is 12.3 Å². The van der Waals surface area contributed by atoms with Crippen molar-refractivity contribution < 1.29 is 5.11 Å². The molecule has 2 bridgehead atoms. The van der Waals surface area contributed by atoms with Gasteiger partial charge in [0, 0.05) is 37.9 Å². The van der Waals surface area contributed by atoms with Crippen molar-refractivity contribution in [2.75, 3.05) is 32.8 Å². The molecule has 0 unspecified atom stereocenters. The summed E-state index contributed by atoms with van der Waals surface area (Å²) in [6.07, 6.45) is 2.47. The summed E-state index contributed by atoms with van der Waals surface area (Å²) in [6, 6.07) is 0.683. The zero-order chi connectivity index (χ0) is 9.26. The van der Waals surface area contributed by atoms with E-state index in [1.807, 2.05) is 0 Å². The van der Waals surface area contributed by atoms with Gasteiger partial charge in [0.25, 0.3) is 0 Å². The summed E-state index contributed by atoms with van der Waals surface area (Å²) in [4.78, 5) is 4.75. The molecule has 0 aromatic carbocycles. The lowest BCUT2D eigenvalue weighted by atomic mass is 10.1. The lowest BCUT2D eigenvalue weighted by Gasteiger charge is -2.31. The molecule has 0 radical (unpaired) electrons. The second-order valence-electron chi connectivity index (χ2n) is 3.98. The van der Waals surface area contributed by atoms with Gasteiger partial charge in [0.15, 0.2) is 0 Å². The average Bonchev–Trinajstić information content (AvgIpc) is 2.38. The maximum absolute atomic E-state index is 8.94. The van der Waals surface area contributed by atoms with Crippen LogP contribution in [0.25, 0.3) is 0 Å². The van der Waals surface area contributed by atoms with Gasteiger partial charge in [-0.25, -0.2) is 0 Å². The maximum atomic E-state index is 8.94. The molecule has 0 amide bonds. The molecule has 3 aliphatic rings. The molecule has 3 heterocycles. The lowest BCUT2D eigenvalue weighted by molar-refractivity contribution is 0.148. The van der Waals surface area contributed by atoms with Gasteiger partial charge in [-0.2, -0.15) is 0 Å². The Morgan fingerprint density at radius 3 is 2.69 bits per heavy atom. The van der Waals surface area contributed by atoms with Crippen LogP contribution in [-0.4, -0.2) is 53.7 Å². The molecule has 3 nitrogen and oxygen atoms in total. The Morgan fingerprint density at radius 1 is 1.38 bits per heavy atom. The molecule has 3 rings (SSSR count). The molecule has 3 saturated heterocycles. The van der Waals surface area contributed by atoms with Crippen LogP contribution in [0.1, 0.15) is 12.8 Å². The highest BCUT2D eigenvalue weighted by Crippen LogP contribution is 2.24. The third-order valence-corrected chi connectivity index (χ3v) is 3.20. The van der Waals surface area contributed by atoms with Crippen LogP contribution in [-0.2, 0) is 0 Å². The van der Waals surface area contributed by atoms with Crippen molar-refractivity contribution in [3.8, 4) is 0 Å². The van der Waals surface area contributed by atoms with Crippen LogP contribution in [0.3, 0.4) is 0 Å². The van der Waals surface area contributed by atoms with E-state index in [2.05, 4.69) is 16.4 Å². The van der Waals surface area contributed by atoms with Gasteiger partial charge in [0.1, 0.15) is 0 Å². The number of fused-ring (bicyclic) bond motifs is 4. The van der Waals surface area contributed by atoms with Crippen LogP contribution in [0.4, 0.5) is 0 Å². The van der Waals surface area contributed by atoms with E-state index in [1.165, 1.54) is 18.5 Å². The largest absolute Gasteiger partial charge is 0.395 e. The van der Waals surface area contributed by atoms with E-state index in [1.54, 1.807) is 0 Å². The van der Waals surface area contributed by atoms with E-state index in [9.17, 15) is 0 Å². The molecular formula is C10H18N2O. The molecule has 0 spiro atoms. The van der Waals surface area contributed by atoms with Gasteiger partial charge >= 0.3 is 0 Å². The molecule has 3 aliphatic heterocycles. The van der Waals surface area contributed by atoms with Gasteiger partial charge in [-0.1, -0.05) is 6.58 Å². The molecule has 3 heteroatoms. The quantitative estimate of drug-likeness (QED) is 0.664. The average molecular weight is 182 g/mol. The number of aliphatic hydroxyl groups is 1. The van der Waals surface area contributed by atoms with Crippen molar-refractivity contribution in [1.82, 2.24) is 9.80 Å². The van der Waals surface area contributed by atoms with Gasteiger partial charge in [0.05, 0.1) is 6.61 Å². The van der Waals surface area contributed by atoms with Crippen LogP contribution in [0.15, 0.2) is 12.3 Å². The monoisotopic (exact) mass is 182 g/mol. The molecule has 0 aromatic rings. The first kappa shape index (κ1) is 9.03. The molecule has 0 saturated carbocycles. The molecule has 0 aliphatic carbocycles. The van der Waals surface area contributed by atoms with Gasteiger partial charge < -0.3 is 10.0 Å². The summed E-state index contributed by atoms with van der Waals surface area (Å²) in [5.41, 5.74) is 1.23. The van der Waals surface area contributed by atoms with Gasteiger partial charge in [-0.3, -0.25) is 4.90 Å². The number of piperidine rings is 1. The molecule has 13 heavy (non-hydrogen) atoms. The Hall–Kier alpha value is -0.540. The van der Waals surface area contributed by atoms with Crippen molar-refractivity contribution in [3.63, 3.8) is 0 Å². The predicted molar refractivity (Wildman–Crippen MR) is 52.4 cm³/mol. The summed E-state index contributed by atoms with van der Waals surface area (Å²) in [7, 11) is 0. The highest BCUT2D eigenvalue weighted by Gasteiger charge is 2.29. The number of rotatable bonds is 2. The molecule has 3 fully saturated rings.